The van der Waals surface area contributed by atoms with Gasteiger partial charge in [0.1, 0.15) is 18.1 Å². The summed E-state index contributed by atoms with van der Waals surface area (Å²) in [5, 5.41) is 0. The fraction of sp³-hybridized carbons (Fsp3) is 0.278. The number of carbonyl (C=O) groups excluding carboxylic acids is 1. The molecule has 0 aliphatic heterocycles. The van der Waals surface area contributed by atoms with Crippen LogP contribution in [0.25, 0.3) is 0 Å². The lowest BCUT2D eigenvalue weighted by molar-refractivity contribution is -0.134. The van der Waals surface area contributed by atoms with E-state index in [0.29, 0.717) is 18.8 Å². The van der Waals surface area contributed by atoms with Gasteiger partial charge in [0.25, 0.3) is 0 Å². The highest BCUT2D eigenvalue weighted by atomic mass is 79.9. The maximum absolute atomic E-state index is 11.5. The molecule has 2 aromatic carbocycles. The van der Waals surface area contributed by atoms with Crippen molar-refractivity contribution in [2.24, 2.45) is 0 Å². The Hall–Kier alpha value is -1.81. The molecule has 0 spiro atoms. The first-order chi connectivity index (χ1) is 10.5. The van der Waals surface area contributed by atoms with Crippen molar-refractivity contribution in [1.29, 1.82) is 0 Å². The quantitative estimate of drug-likeness (QED) is 0.556. The number of esters is 1. The number of para-hydroxylation sites is 1. The van der Waals surface area contributed by atoms with Gasteiger partial charge >= 0.3 is 5.97 Å². The Kier molecular flexibility index (Phi) is 5.61. The molecule has 0 saturated heterocycles. The lowest BCUT2D eigenvalue weighted by Crippen LogP contribution is -2.08. The third-order valence-electron chi connectivity index (χ3n) is 3.42. The predicted molar refractivity (Wildman–Crippen MR) is 90.3 cm³/mol. The minimum atomic E-state index is -0.250. The average Bonchev–Trinajstić information content (AvgIpc) is 2.50. The summed E-state index contributed by atoms with van der Waals surface area (Å²) in [6.07, 6.45) is 0.345. The molecule has 0 fully saturated rings. The van der Waals surface area contributed by atoms with Gasteiger partial charge < -0.3 is 9.47 Å². The molecule has 0 aliphatic rings. The largest absolute Gasteiger partial charge is 0.488 e. The molecule has 0 aromatic heterocycles. The number of ether oxygens (including phenoxy) is 2. The average molecular weight is 363 g/mol. The Morgan fingerprint density at radius 2 is 1.77 bits per heavy atom. The van der Waals surface area contributed by atoms with Crippen LogP contribution in [0.3, 0.4) is 0 Å². The summed E-state index contributed by atoms with van der Waals surface area (Å²) in [6.45, 7) is 6.22. The number of aryl methyl sites for hydroxylation is 2. The fourth-order valence-electron chi connectivity index (χ4n) is 1.94. The molecule has 0 unspecified atom stereocenters. The van der Waals surface area contributed by atoms with Gasteiger partial charge in [-0.15, -0.1) is 0 Å². The SMILES string of the molecule is CCC(=O)Oc1ccccc1COc1cc(C)c(C)cc1Br. The smallest absolute Gasteiger partial charge is 0.310 e. The van der Waals surface area contributed by atoms with Gasteiger partial charge in [-0.1, -0.05) is 25.1 Å². The molecule has 0 N–H and O–H groups in total. The Labute approximate surface area is 139 Å². The first kappa shape index (κ1) is 16.6. The topological polar surface area (TPSA) is 35.5 Å². The second-order valence-electron chi connectivity index (χ2n) is 5.09. The van der Waals surface area contributed by atoms with Gasteiger partial charge in [-0.2, -0.15) is 0 Å². The van der Waals surface area contributed by atoms with Crippen molar-refractivity contribution in [3.8, 4) is 11.5 Å². The van der Waals surface area contributed by atoms with E-state index in [9.17, 15) is 4.79 Å². The fourth-order valence-corrected chi connectivity index (χ4v) is 2.51. The number of hydrogen-bond acceptors (Lipinski definition) is 3. The van der Waals surface area contributed by atoms with Crippen LogP contribution in [0.5, 0.6) is 11.5 Å². The molecule has 0 amide bonds. The Bertz CT molecular complexity index is 680. The molecule has 0 saturated carbocycles. The lowest BCUT2D eigenvalue weighted by Gasteiger charge is -2.13. The van der Waals surface area contributed by atoms with Crippen LogP contribution < -0.4 is 9.47 Å². The van der Waals surface area contributed by atoms with Crippen LogP contribution in [0.2, 0.25) is 0 Å². The van der Waals surface area contributed by atoms with E-state index in [1.165, 1.54) is 11.1 Å². The van der Waals surface area contributed by atoms with Crippen molar-refractivity contribution in [3.05, 3.63) is 57.6 Å². The molecule has 2 aromatic rings. The third kappa shape index (κ3) is 4.10. The number of rotatable bonds is 5. The molecule has 3 nitrogen and oxygen atoms in total. The summed E-state index contributed by atoms with van der Waals surface area (Å²) in [5.74, 6) is 1.08. The number of benzene rings is 2. The first-order valence-corrected chi connectivity index (χ1v) is 7.98. The van der Waals surface area contributed by atoms with Gasteiger partial charge in [-0.3, -0.25) is 4.79 Å². The van der Waals surface area contributed by atoms with Crippen LogP contribution >= 0.6 is 15.9 Å². The molecule has 0 radical (unpaired) electrons. The number of hydrogen-bond donors (Lipinski definition) is 0. The van der Waals surface area contributed by atoms with Gasteiger partial charge in [0.2, 0.25) is 0 Å². The molecule has 116 valence electrons. The first-order valence-electron chi connectivity index (χ1n) is 7.19. The minimum absolute atomic E-state index is 0.250. The van der Waals surface area contributed by atoms with E-state index >= 15 is 0 Å². The van der Waals surface area contributed by atoms with E-state index in [0.717, 1.165) is 15.8 Å². The standard InChI is InChI=1S/C18H19BrO3/c1-4-18(20)22-16-8-6-5-7-14(16)11-21-17-10-13(3)12(2)9-15(17)19/h5-10H,4,11H2,1-3H3. The summed E-state index contributed by atoms with van der Waals surface area (Å²) >= 11 is 3.51. The zero-order valence-corrected chi connectivity index (χ0v) is 14.6. The maximum atomic E-state index is 11.5. The summed E-state index contributed by atoms with van der Waals surface area (Å²) in [6, 6.07) is 11.5. The third-order valence-corrected chi connectivity index (χ3v) is 4.04. The van der Waals surface area contributed by atoms with Crippen molar-refractivity contribution in [1.82, 2.24) is 0 Å². The van der Waals surface area contributed by atoms with Gasteiger partial charge in [0.15, 0.2) is 0 Å². The molecule has 2 rings (SSSR count). The van der Waals surface area contributed by atoms with Crippen molar-refractivity contribution in [3.63, 3.8) is 0 Å². The van der Waals surface area contributed by atoms with E-state index in [2.05, 4.69) is 22.9 Å². The zero-order chi connectivity index (χ0) is 16.1. The molecule has 0 bridgehead atoms. The van der Waals surface area contributed by atoms with E-state index in [1.54, 1.807) is 13.0 Å². The number of carbonyl (C=O) groups is 1. The van der Waals surface area contributed by atoms with E-state index in [-0.39, 0.29) is 5.97 Å². The van der Waals surface area contributed by atoms with Crippen LogP contribution in [-0.2, 0) is 11.4 Å². The van der Waals surface area contributed by atoms with Gasteiger partial charge in [-0.25, -0.2) is 0 Å². The van der Waals surface area contributed by atoms with E-state index in [4.69, 9.17) is 9.47 Å². The summed E-state index contributed by atoms with van der Waals surface area (Å²) in [4.78, 5) is 11.5. The minimum Gasteiger partial charge on any atom is -0.488 e. The molecule has 22 heavy (non-hydrogen) atoms. The highest BCUT2D eigenvalue weighted by molar-refractivity contribution is 9.10. The van der Waals surface area contributed by atoms with E-state index < -0.39 is 0 Å². The van der Waals surface area contributed by atoms with Crippen molar-refractivity contribution in [2.75, 3.05) is 0 Å². The van der Waals surface area contributed by atoms with Crippen molar-refractivity contribution >= 4 is 21.9 Å². The Balaban J connectivity index is 2.15. The summed E-state index contributed by atoms with van der Waals surface area (Å²) in [5.41, 5.74) is 3.22. The van der Waals surface area contributed by atoms with Crippen LogP contribution in [0, 0.1) is 13.8 Å². The molecule has 0 aliphatic carbocycles. The normalized spacial score (nSPS) is 10.4. The van der Waals surface area contributed by atoms with Crippen LogP contribution in [0.4, 0.5) is 0 Å². The van der Waals surface area contributed by atoms with Crippen LogP contribution in [-0.4, -0.2) is 5.97 Å². The van der Waals surface area contributed by atoms with Gasteiger partial charge in [-0.05, 0) is 59.1 Å². The van der Waals surface area contributed by atoms with Crippen LogP contribution in [0.1, 0.15) is 30.0 Å². The molecular formula is C18H19BrO3. The zero-order valence-electron chi connectivity index (χ0n) is 13.0. The van der Waals surface area contributed by atoms with Crippen molar-refractivity contribution < 1.29 is 14.3 Å². The molecule has 0 atom stereocenters. The van der Waals surface area contributed by atoms with E-state index in [1.807, 2.05) is 37.3 Å². The Morgan fingerprint density at radius 1 is 1.09 bits per heavy atom. The summed E-state index contributed by atoms with van der Waals surface area (Å²) < 4.78 is 12.1. The van der Waals surface area contributed by atoms with Crippen molar-refractivity contribution in [2.45, 2.75) is 33.8 Å². The monoisotopic (exact) mass is 362 g/mol. The second kappa shape index (κ2) is 7.45. The van der Waals surface area contributed by atoms with Gasteiger partial charge in [0.05, 0.1) is 4.47 Å². The highest BCUT2D eigenvalue weighted by Gasteiger charge is 2.10. The Morgan fingerprint density at radius 3 is 2.50 bits per heavy atom. The summed E-state index contributed by atoms with van der Waals surface area (Å²) in [7, 11) is 0. The molecule has 4 heteroatoms. The second-order valence-corrected chi connectivity index (χ2v) is 5.95. The maximum Gasteiger partial charge on any atom is 0.310 e. The molecule has 0 heterocycles. The molecular weight excluding hydrogens is 344 g/mol. The number of halogens is 1. The predicted octanol–water partition coefficient (Wildman–Crippen LogP) is 4.96. The van der Waals surface area contributed by atoms with Crippen LogP contribution in [0.15, 0.2) is 40.9 Å². The lowest BCUT2D eigenvalue weighted by atomic mass is 10.1. The van der Waals surface area contributed by atoms with Gasteiger partial charge in [0, 0.05) is 12.0 Å². The highest BCUT2D eigenvalue weighted by Crippen LogP contribution is 2.30.